The molecule has 4 aliphatic rings. The van der Waals surface area contributed by atoms with Crippen molar-refractivity contribution in [1.82, 2.24) is 10.0 Å². The monoisotopic (exact) mass is 685 g/mol. The second kappa shape index (κ2) is 12.6. The largest absolute Gasteiger partial charge is 0.490 e. The van der Waals surface area contributed by atoms with Crippen LogP contribution >= 0.6 is 11.6 Å². The first kappa shape index (κ1) is 34.1. The zero-order valence-electron chi connectivity index (χ0n) is 27.9. The number of ether oxygens (including phenoxy) is 1. The second-order valence-electron chi connectivity index (χ2n) is 15.0. The van der Waals surface area contributed by atoms with Gasteiger partial charge in [-0.2, -0.15) is 0 Å². The molecule has 2 aromatic carbocycles. The molecule has 1 unspecified atom stereocenters. The van der Waals surface area contributed by atoms with E-state index < -0.39 is 26.8 Å². The molecule has 2 amide bonds. The molecule has 2 heterocycles. The van der Waals surface area contributed by atoms with Gasteiger partial charge in [0.1, 0.15) is 5.75 Å². The molecule has 11 heteroatoms. The molecule has 0 aromatic heterocycles. The number of carbonyl (C=O) groups is 2. The van der Waals surface area contributed by atoms with Crippen LogP contribution in [0.25, 0.3) is 0 Å². The van der Waals surface area contributed by atoms with Crippen LogP contribution < -0.4 is 19.7 Å². The molecule has 6 rings (SSSR count). The highest BCUT2D eigenvalue weighted by Gasteiger charge is 2.55. The predicted octanol–water partition coefficient (Wildman–Crippen LogP) is 5.36. The van der Waals surface area contributed by atoms with Gasteiger partial charge in [-0.3, -0.25) is 9.59 Å². The normalized spacial score (nSPS) is 33.7. The lowest BCUT2D eigenvalue weighted by Gasteiger charge is -2.57. The van der Waals surface area contributed by atoms with E-state index in [0.29, 0.717) is 49.7 Å². The fraction of sp³-hybridized carbons (Fsp3) is 0.611. The van der Waals surface area contributed by atoms with Crippen molar-refractivity contribution in [2.75, 3.05) is 31.6 Å². The first-order valence-corrected chi connectivity index (χ1v) is 18.9. The zero-order valence-corrected chi connectivity index (χ0v) is 29.5. The van der Waals surface area contributed by atoms with Crippen LogP contribution in [0.15, 0.2) is 36.4 Å². The van der Waals surface area contributed by atoms with Gasteiger partial charge >= 0.3 is 0 Å². The molecule has 2 aliphatic carbocycles. The maximum atomic E-state index is 13.5. The summed E-state index contributed by atoms with van der Waals surface area (Å²) < 4.78 is 35.7. The molecule has 1 spiro atoms. The number of nitrogens with zero attached hydrogens (tertiary/aromatic N) is 1. The van der Waals surface area contributed by atoms with Gasteiger partial charge < -0.3 is 20.1 Å². The molecular weight excluding hydrogens is 638 g/mol. The number of aliphatic hydroxyl groups is 1. The van der Waals surface area contributed by atoms with Gasteiger partial charge in [-0.25, -0.2) is 13.1 Å². The summed E-state index contributed by atoms with van der Waals surface area (Å²) in [5, 5.41) is 14.9. The van der Waals surface area contributed by atoms with Crippen molar-refractivity contribution in [3.63, 3.8) is 0 Å². The van der Waals surface area contributed by atoms with Crippen molar-refractivity contribution in [3.8, 4) is 5.75 Å². The maximum absolute atomic E-state index is 13.5. The van der Waals surface area contributed by atoms with Crippen LogP contribution in [0.3, 0.4) is 0 Å². The van der Waals surface area contributed by atoms with Crippen molar-refractivity contribution in [2.24, 2.45) is 17.3 Å². The van der Waals surface area contributed by atoms with E-state index in [1.54, 1.807) is 32.2 Å². The lowest BCUT2D eigenvalue weighted by Crippen LogP contribution is -2.59. The highest BCUT2D eigenvalue weighted by molar-refractivity contribution is 7.90. The Kier molecular flexibility index (Phi) is 9.11. The Hall–Kier alpha value is -2.82. The first-order chi connectivity index (χ1) is 22.2. The number of fused-ring (bicyclic) bond motifs is 4. The molecule has 1 saturated carbocycles. The van der Waals surface area contributed by atoms with Crippen LogP contribution in [0.5, 0.6) is 5.75 Å². The smallest absolute Gasteiger partial charge is 0.264 e. The van der Waals surface area contributed by atoms with Gasteiger partial charge in [-0.1, -0.05) is 37.9 Å². The van der Waals surface area contributed by atoms with Gasteiger partial charge in [-0.05, 0) is 111 Å². The molecule has 3 N–H and O–H groups in total. The molecule has 2 aliphatic heterocycles. The number of anilines is 1. The van der Waals surface area contributed by atoms with Gasteiger partial charge in [-0.15, -0.1) is 0 Å². The number of hydrogen-bond acceptors (Lipinski definition) is 7. The van der Waals surface area contributed by atoms with Crippen LogP contribution in [0.1, 0.15) is 93.6 Å². The molecule has 6 atom stereocenters. The summed E-state index contributed by atoms with van der Waals surface area (Å²) in [6.45, 7) is 7.31. The van der Waals surface area contributed by atoms with Crippen LogP contribution in [0.4, 0.5) is 5.69 Å². The Morgan fingerprint density at radius 2 is 1.89 bits per heavy atom. The van der Waals surface area contributed by atoms with E-state index in [4.69, 9.17) is 16.3 Å². The van der Waals surface area contributed by atoms with Gasteiger partial charge in [0.05, 0.1) is 29.6 Å². The molecule has 0 saturated heterocycles. The van der Waals surface area contributed by atoms with Crippen LogP contribution in [-0.2, 0) is 26.7 Å². The maximum Gasteiger partial charge on any atom is 0.264 e. The lowest BCUT2D eigenvalue weighted by molar-refractivity contribution is -0.149. The number of amides is 2. The Morgan fingerprint density at radius 1 is 1.11 bits per heavy atom. The van der Waals surface area contributed by atoms with E-state index in [1.165, 1.54) is 11.1 Å². The molecule has 1 fully saturated rings. The summed E-state index contributed by atoms with van der Waals surface area (Å²) in [5.74, 6) is -0.666. The quantitative estimate of drug-likeness (QED) is 0.389. The summed E-state index contributed by atoms with van der Waals surface area (Å²) in [5.41, 5.74) is 1.47. The molecule has 2 bridgehead atoms. The highest BCUT2D eigenvalue weighted by Crippen LogP contribution is 2.56. The van der Waals surface area contributed by atoms with Crippen molar-refractivity contribution < 1.29 is 27.9 Å². The van der Waals surface area contributed by atoms with Crippen LogP contribution in [0, 0.1) is 17.3 Å². The van der Waals surface area contributed by atoms with Gasteiger partial charge in [0.2, 0.25) is 15.9 Å². The predicted molar refractivity (Wildman–Crippen MR) is 184 cm³/mol. The number of benzene rings is 2. The van der Waals surface area contributed by atoms with E-state index in [2.05, 4.69) is 34.0 Å². The molecular formula is C36H48ClN3O6S. The number of carbonyl (C=O) groups excluding carboxylic acids is 2. The fourth-order valence-corrected chi connectivity index (χ4v) is 10.4. The third kappa shape index (κ3) is 6.37. The summed E-state index contributed by atoms with van der Waals surface area (Å²) in [6.07, 6.45) is 5.95. The number of rotatable bonds is 2. The van der Waals surface area contributed by atoms with Gasteiger partial charge in [0.25, 0.3) is 5.91 Å². The topological polar surface area (TPSA) is 125 Å². The van der Waals surface area contributed by atoms with E-state index >= 15 is 0 Å². The Morgan fingerprint density at radius 3 is 2.62 bits per heavy atom. The summed E-state index contributed by atoms with van der Waals surface area (Å²) in [7, 11) is -2.40. The Labute approximate surface area is 283 Å². The third-order valence-electron chi connectivity index (χ3n) is 11.9. The van der Waals surface area contributed by atoms with E-state index in [9.17, 15) is 23.1 Å². The standard InChI is InChI=1S/C36H48ClN3O6S/c1-23-7-5-15-36(43,19-32(41)38-4)31-13-16-34(31,3)20-40-21-35(14-6-8-25-17-27(37)10-11-28(25)35)22-46-30-12-9-26(18-29(30)40)33(42)39-47(44,45)24(23)2/h9-12,17-18,23-24,31,43H,5-8,13-16,19-22H2,1-4H3,(H,38,41)(H,39,42)/t23-,24+,31+,34?,35-,36+/m0/s1. The van der Waals surface area contributed by atoms with Crippen molar-refractivity contribution in [3.05, 3.63) is 58.1 Å². The number of nitrogens with one attached hydrogen (secondary N) is 2. The minimum atomic E-state index is -3.99. The minimum Gasteiger partial charge on any atom is -0.490 e. The van der Waals surface area contributed by atoms with Crippen molar-refractivity contribution in [1.29, 1.82) is 0 Å². The summed E-state index contributed by atoms with van der Waals surface area (Å²) in [6, 6.07) is 11.3. The zero-order chi connectivity index (χ0) is 33.8. The van der Waals surface area contributed by atoms with Crippen molar-refractivity contribution in [2.45, 2.75) is 94.8 Å². The highest BCUT2D eigenvalue weighted by atomic mass is 35.5. The number of sulfonamides is 1. The lowest BCUT2D eigenvalue weighted by atomic mass is 9.53. The van der Waals surface area contributed by atoms with Crippen molar-refractivity contribution >= 4 is 39.1 Å². The molecule has 0 radical (unpaired) electrons. The summed E-state index contributed by atoms with van der Waals surface area (Å²) in [4.78, 5) is 28.6. The van der Waals surface area contributed by atoms with E-state index in [1.807, 2.05) is 13.0 Å². The first-order valence-electron chi connectivity index (χ1n) is 17.0. The average molecular weight is 686 g/mol. The number of aryl methyl sites for hydroxylation is 1. The molecule has 47 heavy (non-hydrogen) atoms. The number of halogens is 1. The molecule has 256 valence electrons. The second-order valence-corrected chi connectivity index (χ2v) is 17.5. The van der Waals surface area contributed by atoms with Crippen LogP contribution in [0.2, 0.25) is 5.02 Å². The Balaban J connectivity index is 1.47. The SMILES string of the molecule is CNC(=O)C[C@]1(O)CCC[C@H](C)[C@@H](C)S(=O)(=O)NC(=O)c2ccc3c(c2)N(CC2(C)CC[C@H]21)C[C@@]1(CCCc2cc(Cl)ccc21)CO3. The Bertz CT molecular complexity index is 1670. The average Bonchev–Trinajstić information content (AvgIpc) is 3.15. The van der Waals surface area contributed by atoms with E-state index in [-0.39, 0.29) is 40.6 Å². The minimum absolute atomic E-state index is 0.00995. The number of hydrogen-bond donors (Lipinski definition) is 3. The molecule has 2 aromatic rings. The molecule has 9 nitrogen and oxygen atoms in total. The van der Waals surface area contributed by atoms with Gasteiger partial charge in [0, 0.05) is 36.1 Å². The summed E-state index contributed by atoms with van der Waals surface area (Å²) >= 11 is 6.43. The van der Waals surface area contributed by atoms with E-state index in [0.717, 1.165) is 37.8 Å². The van der Waals surface area contributed by atoms with Crippen LogP contribution in [-0.4, -0.2) is 62.9 Å². The fourth-order valence-electron chi connectivity index (χ4n) is 8.86. The third-order valence-corrected chi connectivity index (χ3v) is 14.0. The van der Waals surface area contributed by atoms with Gasteiger partial charge in [0.15, 0.2) is 0 Å².